The number of hydrogen-bond acceptors (Lipinski definition) is 3. The number of ether oxygens (including phenoxy) is 1. The number of nitrogens with zero attached hydrogens (tertiary/aromatic N) is 1. The average Bonchev–Trinajstić information content (AvgIpc) is 2.16. The quantitative estimate of drug-likeness (QED) is 0.766. The van der Waals surface area contributed by atoms with Crippen LogP contribution in [0.15, 0.2) is 12.3 Å². The van der Waals surface area contributed by atoms with Crippen molar-refractivity contribution < 1.29 is 4.74 Å². The maximum Gasteiger partial charge on any atom is 0.215 e. The highest BCUT2D eigenvalue weighted by Gasteiger charge is 2.06. The molecule has 0 bridgehead atoms. The molecule has 0 aromatic carbocycles. The third kappa shape index (κ3) is 2.18. The fourth-order valence-electron chi connectivity index (χ4n) is 1.20. The lowest BCUT2D eigenvalue weighted by atomic mass is 10.0. The molecule has 0 spiro atoms. The van der Waals surface area contributed by atoms with Crippen LogP contribution >= 0.6 is 0 Å². The maximum absolute atomic E-state index is 5.57. The van der Waals surface area contributed by atoms with Gasteiger partial charge in [0.15, 0.2) is 0 Å². The smallest absolute Gasteiger partial charge is 0.215 e. The minimum absolute atomic E-state index is 0.358. The van der Waals surface area contributed by atoms with Gasteiger partial charge in [-0.15, -0.1) is 0 Å². The van der Waals surface area contributed by atoms with E-state index in [1.54, 1.807) is 7.11 Å². The Balaban J connectivity index is 2.95. The van der Waals surface area contributed by atoms with Crippen LogP contribution in [0.1, 0.15) is 24.0 Å². The summed E-state index contributed by atoms with van der Waals surface area (Å²) >= 11 is 0. The predicted octanol–water partition coefficient (Wildman–Crippen LogP) is 1.46. The number of pyridine rings is 1. The zero-order valence-corrected chi connectivity index (χ0v) is 8.37. The van der Waals surface area contributed by atoms with Gasteiger partial charge in [-0.1, -0.05) is 6.92 Å². The number of rotatable bonds is 3. The number of hydrogen-bond donors (Lipinski definition) is 1. The first-order chi connectivity index (χ1) is 6.19. The molecule has 1 aromatic rings. The first kappa shape index (κ1) is 9.99. The molecule has 0 amide bonds. The molecule has 3 nitrogen and oxygen atoms in total. The van der Waals surface area contributed by atoms with Crippen molar-refractivity contribution >= 4 is 0 Å². The normalized spacial score (nSPS) is 12.6. The molecule has 0 aliphatic carbocycles. The third-order valence-electron chi connectivity index (χ3n) is 2.17. The Kier molecular flexibility index (Phi) is 3.25. The molecule has 0 saturated heterocycles. The van der Waals surface area contributed by atoms with Gasteiger partial charge < -0.3 is 10.5 Å². The van der Waals surface area contributed by atoms with Crippen LogP contribution in [0.25, 0.3) is 0 Å². The van der Waals surface area contributed by atoms with E-state index in [1.807, 2.05) is 13.1 Å². The number of aryl methyl sites for hydroxylation is 1. The Morgan fingerprint density at radius 1 is 1.62 bits per heavy atom. The molecular weight excluding hydrogens is 164 g/mol. The lowest BCUT2D eigenvalue weighted by Gasteiger charge is -2.10. The van der Waals surface area contributed by atoms with E-state index in [1.165, 1.54) is 5.56 Å². The highest BCUT2D eigenvalue weighted by atomic mass is 16.5. The molecule has 72 valence electrons. The van der Waals surface area contributed by atoms with Gasteiger partial charge in [0.2, 0.25) is 5.88 Å². The molecule has 1 unspecified atom stereocenters. The van der Waals surface area contributed by atoms with Crippen LogP contribution in [0.4, 0.5) is 0 Å². The zero-order valence-electron chi connectivity index (χ0n) is 8.37. The van der Waals surface area contributed by atoms with Crippen molar-refractivity contribution in [1.29, 1.82) is 0 Å². The van der Waals surface area contributed by atoms with Crippen LogP contribution in [-0.2, 0) is 0 Å². The molecule has 2 N–H and O–H groups in total. The van der Waals surface area contributed by atoms with E-state index >= 15 is 0 Å². The number of methoxy groups -OCH3 is 1. The second kappa shape index (κ2) is 4.23. The van der Waals surface area contributed by atoms with Gasteiger partial charge in [0.05, 0.1) is 7.11 Å². The Labute approximate surface area is 78.9 Å². The van der Waals surface area contributed by atoms with E-state index in [0.29, 0.717) is 18.3 Å². The van der Waals surface area contributed by atoms with Crippen molar-refractivity contribution in [1.82, 2.24) is 4.98 Å². The zero-order chi connectivity index (χ0) is 9.84. The van der Waals surface area contributed by atoms with Gasteiger partial charge in [-0.25, -0.2) is 4.98 Å². The fourth-order valence-corrected chi connectivity index (χ4v) is 1.20. The average molecular weight is 180 g/mol. The predicted molar refractivity (Wildman–Crippen MR) is 53.0 cm³/mol. The number of aromatic nitrogens is 1. The van der Waals surface area contributed by atoms with Crippen molar-refractivity contribution in [3.63, 3.8) is 0 Å². The Hall–Kier alpha value is -1.09. The van der Waals surface area contributed by atoms with Gasteiger partial charge in [0.25, 0.3) is 0 Å². The second-order valence-electron chi connectivity index (χ2n) is 3.23. The fraction of sp³-hybridized carbons (Fsp3) is 0.500. The molecule has 1 heterocycles. The van der Waals surface area contributed by atoms with Crippen molar-refractivity contribution in [2.75, 3.05) is 13.7 Å². The minimum atomic E-state index is 0.358. The Morgan fingerprint density at radius 2 is 2.31 bits per heavy atom. The van der Waals surface area contributed by atoms with E-state index in [-0.39, 0.29) is 0 Å². The standard InChI is InChI=1S/C10H16N2O/c1-7-4-9(8(2)5-11)6-12-10(7)13-3/h4,6,8H,5,11H2,1-3H3. The van der Waals surface area contributed by atoms with E-state index in [9.17, 15) is 0 Å². The van der Waals surface area contributed by atoms with Crippen LogP contribution in [-0.4, -0.2) is 18.6 Å². The molecule has 3 heteroatoms. The lowest BCUT2D eigenvalue weighted by molar-refractivity contribution is 0.394. The van der Waals surface area contributed by atoms with E-state index in [4.69, 9.17) is 10.5 Å². The minimum Gasteiger partial charge on any atom is -0.481 e. The molecule has 1 aromatic heterocycles. The Morgan fingerprint density at radius 3 is 2.77 bits per heavy atom. The summed E-state index contributed by atoms with van der Waals surface area (Å²) in [5, 5.41) is 0. The highest BCUT2D eigenvalue weighted by molar-refractivity contribution is 5.30. The molecular formula is C10H16N2O. The maximum atomic E-state index is 5.57. The van der Waals surface area contributed by atoms with Gasteiger partial charge in [0.1, 0.15) is 0 Å². The van der Waals surface area contributed by atoms with E-state index in [0.717, 1.165) is 5.56 Å². The van der Waals surface area contributed by atoms with Crippen LogP contribution in [0.5, 0.6) is 5.88 Å². The summed E-state index contributed by atoms with van der Waals surface area (Å²) in [5.41, 5.74) is 7.79. The topological polar surface area (TPSA) is 48.1 Å². The van der Waals surface area contributed by atoms with Gasteiger partial charge in [-0.3, -0.25) is 0 Å². The Bertz CT molecular complexity index is 286. The summed E-state index contributed by atoms with van der Waals surface area (Å²) in [6, 6.07) is 2.07. The van der Waals surface area contributed by atoms with E-state index in [2.05, 4.69) is 18.0 Å². The number of nitrogens with two attached hydrogens (primary N) is 1. The molecule has 0 saturated carbocycles. The molecule has 0 radical (unpaired) electrons. The van der Waals surface area contributed by atoms with Crippen molar-refractivity contribution in [3.05, 3.63) is 23.4 Å². The van der Waals surface area contributed by atoms with Crippen LogP contribution in [0.3, 0.4) is 0 Å². The summed E-state index contributed by atoms with van der Waals surface area (Å²) in [6.45, 7) is 4.72. The van der Waals surface area contributed by atoms with Crippen LogP contribution in [0, 0.1) is 6.92 Å². The largest absolute Gasteiger partial charge is 0.481 e. The van der Waals surface area contributed by atoms with Gasteiger partial charge in [-0.2, -0.15) is 0 Å². The molecule has 0 aliphatic heterocycles. The second-order valence-corrected chi connectivity index (χ2v) is 3.23. The summed E-state index contributed by atoms with van der Waals surface area (Å²) in [7, 11) is 1.63. The molecule has 1 atom stereocenters. The van der Waals surface area contributed by atoms with Gasteiger partial charge in [-0.05, 0) is 31.0 Å². The van der Waals surface area contributed by atoms with Crippen molar-refractivity contribution in [2.24, 2.45) is 5.73 Å². The summed E-state index contributed by atoms with van der Waals surface area (Å²) < 4.78 is 5.07. The third-order valence-corrected chi connectivity index (χ3v) is 2.17. The van der Waals surface area contributed by atoms with Gasteiger partial charge >= 0.3 is 0 Å². The van der Waals surface area contributed by atoms with Gasteiger partial charge in [0, 0.05) is 11.8 Å². The molecule has 1 rings (SSSR count). The van der Waals surface area contributed by atoms with Crippen molar-refractivity contribution in [3.8, 4) is 5.88 Å². The molecule has 0 aliphatic rings. The SMILES string of the molecule is COc1ncc(C(C)CN)cc1C. The first-order valence-corrected chi connectivity index (χ1v) is 4.39. The first-order valence-electron chi connectivity index (χ1n) is 4.39. The van der Waals surface area contributed by atoms with Crippen LogP contribution < -0.4 is 10.5 Å². The summed E-state index contributed by atoms with van der Waals surface area (Å²) in [5.74, 6) is 1.05. The molecule has 13 heavy (non-hydrogen) atoms. The summed E-state index contributed by atoms with van der Waals surface area (Å²) in [6.07, 6.45) is 1.82. The molecule has 0 fully saturated rings. The van der Waals surface area contributed by atoms with Crippen LogP contribution in [0.2, 0.25) is 0 Å². The lowest BCUT2D eigenvalue weighted by Crippen LogP contribution is -2.09. The van der Waals surface area contributed by atoms with Crippen molar-refractivity contribution in [2.45, 2.75) is 19.8 Å². The summed E-state index contributed by atoms with van der Waals surface area (Å²) in [4.78, 5) is 4.19. The highest BCUT2D eigenvalue weighted by Crippen LogP contribution is 2.19. The van der Waals surface area contributed by atoms with E-state index < -0.39 is 0 Å². The monoisotopic (exact) mass is 180 g/mol.